The molecule has 0 spiro atoms. The van der Waals surface area contributed by atoms with Crippen molar-refractivity contribution in [1.29, 1.82) is 0 Å². The van der Waals surface area contributed by atoms with Crippen molar-refractivity contribution in [2.45, 2.75) is 25.5 Å². The van der Waals surface area contributed by atoms with Gasteiger partial charge in [-0.2, -0.15) is 0 Å². The molecule has 3 aromatic rings. The van der Waals surface area contributed by atoms with Gasteiger partial charge in [-0.1, -0.05) is 23.9 Å². The van der Waals surface area contributed by atoms with E-state index in [2.05, 4.69) is 47.3 Å². The summed E-state index contributed by atoms with van der Waals surface area (Å²) in [5, 5.41) is 3.74. The molecule has 0 aliphatic carbocycles. The summed E-state index contributed by atoms with van der Waals surface area (Å²) in [6.45, 7) is 4.62. The Kier molecular flexibility index (Phi) is 6.36. The minimum absolute atomic E-state index is 0.0309. The van der Waals surface area contributed by atoms with Crippen molar-refractivity contribution in [3.8, 4) is 5.69 Å². The lowest BCUT2D eigenvalue weighted by atomic mass is 10.1. The Morgan fingerprint density at radius 1 is 1.14 bits per heavy atom. The number of hydrogen-bond acceptors (Lipinski definition) is 5. The summed E-state index contributed by atoms with van der Waals surface area (Å²) in [7, 11) is 3.89. The van der Waals surface area contributed by atoms with Gasteiger partial charge < -0.3 is 10.2 Å². The predicted molar refractivity (Wildman–Crippen MR) is 114 cm³/mol. The zero-order chi connectivity index (χ0) is 20.1. The fraction of sp³-hybridized carbons (Fsp3) is 0.286. The number of amides is 1. The van der Waals surface area contributed by atoms with Crippen LogP contribution in [-0.4, -0.2) is 40.3 Å². The Morgan fingerprint density at radius 3 is 2.54 bits per heavy atom. The van der Waals surface area contributed by atoms with E-state index in [1.54, 1.807) is 12.4 Å². The molecule has 146 valence electrons. The molecule has 2 aromatic heterocycles. The van der Waals surface area contributed by atoms with Gasteiger partial charge in [0.15, 0.2) is 5.16 Å². The minimum atomic E-state index is -0.0309. The SMILES string of the molecule is Cc1cc(C)cc(-n2ccnc2SCC(=O)NCc2ccc(N(C)C)nc2)c1. The molecular formula is C21H25N5OS. The summed E-state index contributed by atoms with van der Waals surface area (Å²) in [5.74, 6) is 1.17. The van der Waals surface area contributed by atoms with Crippen molar-refractivity contribution in [3.05, 3.63) is 65.6 Å². The highest BCUT2D eigenvalue weighted by Gasteiger charge is 2.10. The molecule has 0 unspecified atom stereocenters. The van der Waals surface area contributed by atoms with Crippen molar-refractivity contribution < 1.29 is 4.79 Å². The zero-order valence-electron chi connectivity index (χ0n) is 16.6. The van der Waals surface area contributed by atoms with Gasteiger partial charge in [0.1, 0.15) is 5.82 Å². The van der Waals surface area contributed by atoms with Gasteiger partial charge in [0.05, 0.1) is 5.75 Å². The van der Waals surface area contributed by atoms with Gasteiger partial charge >= 0.3 is 0 Å². The van der Waals surface area contributed by atoms with Crippen LogP contribution in [-0.2, 0) is 11.3 Å². The highest BCUT2D eigenvalue weighted by atomic mass is 32.2. The Bertz CT molecular complexity index is 929. The third-order valence-corrected chi connectivity index (χ3v) is 5.15. The number of imidazole rings is 1. The number of nitrogens with zero attached hydrogens (tertiary/aromatic N) is 4. The summed E-state index contributed by atoms with van der Waals surface area (Å²) >= 11 is 1.43. The van der Waals surface area contributed by atoms with E-state index >= 15 is 0 Å². The molecule has 28 heavy (non-hydrogen) atoms. The van der Waals surface area contributed by atoms with Gasteiger partial charge in [-0.05, 0) is 48.7 Å². The molecule has 6 nitrogen and oxygen atoms in total. The van der Waals surface area contributed by atoms with Crippen LogP contribution in [0.5, 0.6) is 0 Å². The lowest BCUT2D eigenvalue weighted by Gasteiger charge is -2.12. The lowest BCUT2D eigenvalue weighted by molar-refractivity contribution is -0.118. The molecule has 0 aliphatic heterocycles. The first kappa shape index (κ1) is 19.9. The Balaban J connectivity index is 1.56. The van der Waals surface area contributed by atoms with Crippen LogP contribution in [0.15, 0.2) is 54.1 Å². The van der Waals surface area contributed by atoms with Gasteiger partial charge in [-0.25, -0.2) is 9.97 Å². The van der Waals surface area contributed by atoms with E-state index in [0.717, 1.165) is 22.2 Å². The number of carbonyl (C=O) groups is 1. The minimum Gasteiger partial charge on any atom is -0.363 e. The molecule has 0 aliphatic rings. The average Bonchev–Trinajstić information content (AvgIpc) is 3.13. The number of aromatic nitrogens is 3. The van der Waals surface area contributed by atoms with Crippen molar-refractivity contribution in [1.82, 2.24) is 19.9 Å². The van der Waals surface area contributed by atoms with E-state index in [1.165, 1.54) is 22.9 Å². The Labute approximate surface area is 170 Å². The van der Waals surface area contributed by atoms with Crippen molar-refractivity contribution in [3.63, 3.8) is 0 Å². The van der Waals surface area contributed by atoms with E-state index < -0.39 is 0 Å². The standard InChI is InChI=1S/C21H25N5OS/c1-15-9-16(2)11-18(10-15)26-8-7-22-21(26)28-14-20(27)24-13-17-5-6-19(23-12-17)25(3)4/h5-12H,13-14H2,1-4H3,(H,24,27). The normalized spacial score (nSPS) is 10.7. The predicted octanol–water partition coefficient (Wildman–Crippen LogP) is 3.36. The van der Waals surface area contributed by atoms with Gasteiger partial charge in [-0.15, -0.1) is 0 Å². The third kappa shape index (κ3) is 5.13. The van der Waals surface area contributed by atoms with Crippen molar-refractivity contribution in [2.75, 3.05) is 24.7 Å². The van der Waals surface area contributed by atoms with Gasteiger partial charge in [0.2, 0.25) is 5.91 Å². The maximum absolute atomic E-state index is 12.2. The summed E-state index contributed by atoms with van der Waals surface area (Å²) in [5.41, 5.74) is 4.43. The average molecular weight is 396 g/mol. The molecule has 0 saturated carbocycles. The van der Waals surface area contributed by atoms with E-state index in [1.807, 2.05) is 41.9 Å². The molecule has 7 heteroatoms. The molecule has 0 radical (unpaired) electrons. The first-order chi connectivity index (χ1) is 13.4. The molecule has 2 heterocycles. The number of thioether (sulfide) groups is 1. The van der Waals surface area contributed by atoms with E-state index in [-0.39, 0.29) is 5.91 Å². The lowest BCUT2D eigenvalue weighted by Crippen LogP contribution is -2.24. The van der Waals surface area contributed by atoms with Crippen LogP contribution in [0.25, 0.3) is 5.69 Å². The van der Waals surface area contributed by atoms with Gasteiger partial charge in [-0.3, -0.25) is 9.36 Å². The highest BCUT2D eigenvalue weighted by molar-refractivity contribution is 7.99. The van der Waals surface area contributed by atoms with Crippen LogP contribution >= 0.6 is 11.8 Å². The smallest absolute Gasteiger partial charge is 0.230 e. The maximum atomic E-state index is 12.2. The van der Waals surface area contributed by atoms with Crippen LogP contribution in [0.1, 0.15) is 16.7 Å². The van der Waals surface area contributed by atoms with Gasteiger partial charge in [0.25, 0.3) is 0 Å². The third-order valence-electron chi connectivity index (χ3n) is 4.18. The summed E-state index contributed by atoms with van der Waals surface area (Å²) in [6, 6.07) is 10.3. The quantitative estimate of drug-likeness (QED) is 0.622. The second kappa shape index (κ2) is 8.93. The number of nitrogens with one attached hydrogen (secondary N) is 1. The molecule has 0 fully saturated rings. The Morgan fingerprint density at radius 2 is 1.89 bits per heavy atom. The second-order valence-corrected chi connectivity index (χ2v) is 7.85. The molecule has 0 saturated heterocycles. The van der Waals surface area contributed by atoms with E-state index in [0.29, 0.717) is 12.3 Å². The summed E-state index contributed by atoms with van der Waals surface area (Å²) < 4.78 is 2.02. The first-order valence-electron chi connectivity index (χ1n) is 9.06. The molecule has 0 atom stereocenters. The number of benzene rings is 1. The van der Waals surface area contributed by atoms with Gasteiger partial charge in [0, 0.05) is 44.9 Å². The van der Waals surface area contributed by atoms with Crippen LogP contribution in [0.4, 0.5) is 5.82 Å². The number of aryl methyl sites for hydroxylation is 2. The van der Waals surface area contributed by atoms with Crippen LogP contribution in [0.3, 0.4) is 0 Å². The number of anilines is 1. The maximum Gasteiger partial charge on any atom is 0.230 e. The highest BCUT2D eigenvalue weighted by Crippen LogP contribution is 2.22. The first-order valence-corrected chi connectivity index (χ1v) is 10.0. The molecular weight excluding hydrogens is 370 g/mol. The van der Waals surface area contributed by atoms with E-state index in [4.69, 9.17) is 0 Å². The van der Waals surface area contributed by atoms with Crippen molar-refractivity contribution in [2.24, 2.45) is 0 Å². The number of rotatable bonds is 7. The number of hydrogen-bond donors (Lipinski definition) is 1. The van der Waals surface area contributed by atoms with Crippen LogP contribution < -0.4 is 10.2 Å². The molecule has 1 N–H and O–H groups in total. The monoisotopic (exact) mass is 395 g/mol. The second-order valence-electron chi connectivity index (χ2n) is 6.91. The number of carbonyl (C=O) groups excluding carboxylic acids is 1. The Hall–Kier alpha value is -2.80. The van der Waals surface area contributed by atoms with Crippen molar-refractivity contribution >= 4 is 23.5 Å². The van der Waals surface area contributed by atoms with Crippen LogP contribution in [0, 0.1) is 13.8 Å². The molecule has 1 amide bonds. The zero-order valence-corrected chi connectivity index (χ0v) is 17.5. The number of pyridine rings is 1. The van der Waals surface area contributed by atoms with E-state index in [9.17, 15) is 4.79 Å². The summed E-state index contributed by atoms with van der Waals surface area (Å²) in [4.78, 5) is 22.9. The molecule has 3 rings (SSSR count). The fourth-order valence-corrected chi connectivity index (χ4v) is 3.65. The fourth-order valence-electron chi connectivity index (χ4n) is 2.85. The summed E-state index contributed by atoms with van der Waals surface area (Å²) in [6.07, 6.45) is 5.47. The topological polar surface area (TPSA) is 63.1 Å². The molecule has 0 bridgehead atoms. The molecule has 1 aromatic carbocycles. The largest absolute Gasteiger partial charge is 0.363 e. The van der Waals surface area contributed by atoms with Crippen LogP contribution in [0.2, 0.25) is 0 Å².